The topological polar surface area (TPSA) is 86.1 Å². The Balaban J connectivity index is 2.16. The van der Waals surface area contributed by atoms with Gasteiger partial charge in [-0.1, -0.05) is 24.3 Å². The third kappa shape index (κ3) is 2.40. The highest BCUT2D eigenvalue weighted by Crippen LogP contribution is 2.30. The number of sulfonamides is 1. The Bertz CT molecular complexity index is 876. The number of benzene rings is 2. The summed E-state index contributed by atoms with van der Waals surface area (Å²) >= 11 is 0. The van der Waals surface area contributed by atoms with Crippen molar-refractivity contribution in [3.8, 4) is 5.75 Å². The third-order valence-electron chi connectivity index (χ3n) is 3.00. The molecule has 0 fully saturated rings. The van der Waals surface area contributed by atoms with Gasteiger partial charge in [0, 0.05) is 10.8 Å². The summed E-state index contributed by atoms with van der Waals surface area (Å²) in [6, 6.07) is 10.3. The largest absolute Gasteiger partial charge is 0.496 e. The second-order valence-corrected chi connectivity index (χ2v) is 5.90. The third-order valence-corrected chi connectivity index (χ3v) is 4.38. The number of aromatic nitrogens is 3. The highest BCUT2D eigenvalue weighted by Gasteiger charge is 2.19. The van der Waals surface area contributed by atoms with E-state index >= 15 is 0 Å². The Labute approximate surface area is 121 Å². The maximum atomic E-state index is 12.5. The normalized spacial score (nSPS) is 11.5. The van der Waals surface area contributed by atoms with E-state index in [0.717, 1.165) is 5.39 Å². The first-order valence-electron chi connectivity index (χ1n) is 6.05. The molecule has 108 valence electrons. The molecule has 0 unspecified atom stereocenters. The van der Waals surface area contributed by atoms with Crippen LogP contribution in [0.2, 0.25) is 0 Å². The predicted octanol–water partition coefficient (Wildman–Crippen LogP) is 1.37. The molecule has 0 atom stereocenters. The Morgan fingerprint density at radius 1 is 1.05 bits per heavy atom. The maximum absolute atomic E-state index is 12.5. The van der Waals surface area contributed by atoms with E-state index in [1.165, 1.54) is 23.4 Å². The second kappa shape index (κ2) is 5.06. The molecule has 3 aromatic rings. The van der Waals surface area contributed by atoms with Gasteiger partial charge in [0.05, 0.1) is 12.0 Å². The number of methoxy groups -OCH3 is 1. The zero-order valence-corrected chi connectivity index (χ0v) is 11.9. The van der Waals surface area contributed by atoms with E-state index in [4.69, 9.17) is 4.74 Å². The number of rotatable bonds is 4. The van der Waals surface area contributed by atoms with Gasteiger partial charge in [-0.05, 0) is 12.1 Å². The van der Waals surface area contributed by atoms with Crippen LogP contribution in [0.5, 0.6) is 5.75 Å². The summed E-state index contributed by atoms with van der Waals surface area (Å²) in [5.41, 5.74) is 0. The Morgan fingerprint density at radius 3 is 2.38 bits per heavy atom. The monoisotopic (exact) mass is 304 g/mol. The highest BCUT2D eigenvalue weighted by molar-refractivity contribution is 7.92. The van der Waals surface area contributed by atoms with Crippen LogP contribution in [0, 0.1) is 0 Å². The van der Waals surface area contributed by atoms with Gasteiger partial charge in [0.1, 0.15) is 18.4 Å². The minimum absolute atomic E-state index is 0.160. The van der Waals surface area contributed by atoms with Gasteiger partial charge in [0.2, 0.25) is 0 Å². The summed E-state index contributed by atoms with van der Waals surface area (Å²) in [4.78, 5) is 2.53. The van der Waals surface area contributed by atoms with Crippen LogP contribution in [0.25, 0.3) is 10.8 Å². The molecule has 1 aromatic heterocycles. The number of fused-ring (bicyclic) bond motifs is 1. The molecule has 0 saturated carbocycles. The van der Waals surface area contributed by atoms with Crippen LogP contribution in [-0.4, -0.2) is 30.4 Å². The minimum atomic E-state index is -3.76. The van der Waals surface area contributed by atoms with Crippen molar-refractivity contribution in [1.29, 1.82) is 0 Å². The lowest BCUT2D eigenvalue weighted by atomic mass is 10.1. The van der Waals surface area contributed by atoms with Gasteiger partial charge in [0.15, 0.2) is 0 Å². The molecule has 1 heterocycles. The second-order valence-electron chi connectivity index (χ2n) is 4.28. The molecule has 0 amide bonds. The van der Waals surface area contributed by atoms with E-state index < -0.39 is 10.0 Å². The van der Waals surface area contributed by atoms with Crippen molar-refractivity contribution in [1.82, 2.24) is 14.9 Å². The summed E-state index contributed by atoms with van der Waals surface area (Å²) in [6.45, 7) is 0. The van der Waals surface area contributed by atoms with Gasteiger partial charge >= 0.3 is 0 Å². The van der Waals surface area contributed by atoms with Gasteiger partial charge < -0.3 is 4.74 Å². The molecule has 7 nitrogen and oxygen atoms in total. The van der Waals surface area contributed by atoms with E-state index in [9.17, 15) is 8.42 Å². The number of ether oxygens (including phenoxy) is 1. The standard InChI is InChI=1S/C13H12N4O3S/c1-20-12-6-7-13(11-5-3-2-4-10(11)12)21(18,19)16-17-8-14-15-9-17/h2-9,16H,1H3. The van der Waals surface area contributed by atoms with Crippen molar-refractivity contribution in [2.45, 2.75) is 4.90 Å². The van der Waals surface area contributed by atoms with Crippen LogP contribution in [-0.2, 0) is 10.0 Å². The zero-order valence-electron chi connectivity index (χ0n) is 11.1. The maximum Gasteiger partial charge on any atom is 0.276 e. The lowest BCUT2D eigenvalue weighted by molar-refractivity contribution is 0.419. The SMILES string of the molecule is COc1ccc(S(=O)(=O)Nn2cnnc2)c2ccccc12. The van der Waals surface area contributed by atoms with Crippen LogP contribution in [0.15, 0.2) is 53.9 Å². The average Bonchev–Trinajstić information content (AvgIpc) is 2.98. The molecule has 3 rings (SSSR count). The van der Waals surface area contributed by atoms with Crippen molar-refractivity contribution in [2.24, 2.45) is 0 Å². The summed E-state index contributed by atoms with van der Waals surface area (Å²) in [5, 5.41) is 8.42. The van der Waals surface area contributed by atoms with Gasteiger partial charge in [-0.15, -0.1) is 10.2 Å². The first kappa shape index (κ1) is 13.4. The number of nitrogens with one attached hydrogen (secondary N) is 1. The van der Waals surface area contributed by atoms with Crippen molar-refractivity contribution >= 4 is 20.8 Å². The fourth-order valence-corrected chi connectivity index (χ4v) is 3.28. The van der Waals surface area contributed by atoms with E-state index in [1.54, 1.807) is 25.3 Å². The Morgan fingerprint density at radius 2 is 1.71 bits per heavy atom. The lowest BCUT2D eigenvalue weighted by Gasteiger charge is -2.12. The molecule has 0 radical (unpaired) electrons. The minimum Gasteiger partial charge on any atom is -0.496 e. The lowest BCUT2D eigenvalue weighted by Crippen LogP contribution is -2.22. The first-order valence-corrected chi connectivity index (χ1v) is 7.53. The van der Waals surface area contributed by atoms with Crippen molar-refractivity contribution in [3.63, 3.8) is 0 Å². The van der Waals surface area contributed by atoms with E-state index in [0.29, 0.717) is 11.1 Å². The molecule has 0 bridgehead atoms. The van der Waals surface area contributed by atoms with Crippen LogP contribution in [0.3, 0.4) is 0 Å². The summed E-state index contributed by atoms with van der Waals surface area (Å²) in [6.07, 6.45) is 2.53. The summed E-state index contributed by atoms with van der Waals surface area (Å²) in [5.74, 6) is 0.619. The Kier molecular flexibility index (Phi) is 3.22. The molecule has 8 heteroatoms. The van der Waals surface area contributed by atoms with Crippen molar-refractivity contribution in [3.05, 3.63) is 49.1 Å². The summed E-state index contributed by atoms with van der Waals surface area (Å²) in [7, 11) is -2.21. The summed E-state index contributed by atoms with van der Waals surface area (Å²) < 4.78 is 31.4. The number of hydrogen-bond donors (Lipinski definition) is 1. The van der Waals surface area contributed by atoms with Gasteiger partial charge in [-0.25, -0.2) is 9.51 Å². The molecule has 0 spiro atoms. The quantitative estimate of drug-likeness (QED) is 0.787. The highest BCUT2D eigenvalue weighted by atomic mass is 32.2. The average molecular weight is 304 g/mol. The van der Waals surface area contributed by atoms with Gasteiger partial charge in [-0.2, -0.15) is 8.42 Å². The molecular formula is C13H12N4O3S. The molecule has 0 aliphatic carbocycles. The van der Waals surface area contributed by atoms with Crippen molar-refractivity contribution < 1.29 is 13.2 Å². The van der Waals surface area contributed by atoms with Crippen LogP contribution < -0.4 is 9.57 Å². The first-order chi connectivity index (χ1) is 10.1. The molecule has 0 aliphatic rings. The Hall–Kier alpha value is -2.61. The van der Waals surface area contributed by atoms with Crippen LogP contribution in [0.1, 0.15) is 0 Å². The molecule has 0 saturated heterocycles. The fourth-order valence-electron chi connectivity index (χ4n) is 2.09. The van der Waals surface area contributed by atoms with Gasteiger partial charge in [-0.3, -0.25) is 0 Å². The molecule has 2 aromatic carbocycles. The predicted molar refractivity (Wildman–Crippen MR) is 77.1 cm³/mol. The molecule has 0 aliphatic heterocycles. The molecular weight excluding hydrogens is 292 g/mol. The van der Waals surface area contributed by atoms with E-state index in [1.807, 2.05) is 12.1 Å². The van der Waals surface area contributed by atoms with Crippen LogP contribution in [0.4, 0.5) is 0 Å². The molecule has 21 heavy (non-hydrogen) atoms. The van der Waals surface area contributed by atoms with Crippen LogP contribution >= 0.6 is 0 Å². The number of nitrogens with zero attached hydrogens (tertiary/aromatic N) is 3. The molecule has 1 N–H and O–H groups in total. The smallest absolute Gasteiger partial charge is 0.276 e. The van der Waals surface area contributed by atoms with E-state index in [2.05, 4.69) is 15.0 Å². The van der Waals surface area contributed by atoms with Crippen molar-refractivity contribution in [2.75, 3.05) is 11.9 Å². The number of hydrogen-bond acceptors (Lipinski definition) is 5. The fraction of sp³-hybridized carbons (Fsp3) is 0.0769. The van der Waals surface area contributed by atoms with Gasteiger partial charge in [0.25, 0.3) is 10.0 Å². The zero-order chi connectivity index (χ0) is 14.9. The van der Waals surface area contributed by atoms with E-state index in [-0.39, 0.29) is 4.90 Å².